The molecule has 5 unspecified atom stereocenters. The Labute approximate surface area is 251 Å². The summed E-state index contributed by atoms with van der Waals surface area (Å²) < 4.78 is 28.6. The van der Waals surface area contributed by atoms with Crippen LogP contribution >= 0.6 is 7.82 Å². The van der Waals surface area contributed by atoms with Crippen LogP contribution in [0.2, 0.25) is 0 Å². The van der Waals surface area contributed by atoms with Crippen LogP contribution in [0.15, 0.2) is 12.3 Å². The Morgan fingerprint density at radius 3 is 2.31 bits per heavy atom. The predicted octanol–water partition coefficient (Wildman–Crippen LogP) is 2.70. The van der Waals surface area contributed by atoms with Crippen LogP contribution in [0.1, 0.15) is 80.1 Å². The minimum absolute atomic E-state index is 0.00629. The maximum Gasteiger partial charge on any atom is 0.472 e. The molecule has 0 aliphatic carbocycles. The maximum absolute atomic E-state index is 12.8. The van der Waals surface area contributed by atoms with Crippen molar-refractivity contribution in [2.24, 2.45) is 16.7 Å². The third-order valence-corrected chi connectivity index (χ3v) is 7.43. The van der Waals surface area contributed by atoms with Crippen molar-refractivity contribution in [3.8, 4) is 0 Å². The molecule has 0 aromatic heterocycles. The monoisotopic (exact) mass is 623 g/mol. The van der Waals surface area contributed by atoms with Crippen LogP contribution in [0.3, 0.4) is 0 Å². The molecule has 0 spiro atoms. The lowest BCUT2D eigenvalue weighted by atomic mass is 9.74. The zero-order valence-corrected chi connectivity index (χ0v) is 27.4. The van der Waals surface area contributed by atoms with E-state index in [1.807, 2.05) is 5.32 Å². The molecule has 0 aromatic carbocycles. The van der Waals surface area contributed by atoms with Gasteiger partial charge in [0.2, 0.25) is 12.3 Å². The summed E-state index contributed by atoms with van der Waals surface area (Å²) in [5.41, 5.74) is 0.0134. The summed E-state index contributed by atoms with van der Waals surface area (Å²) in [5, 5.41) is 25.4. The second kappa shape index (κ2) is 19.4. The van der Waals surface area contributed by atoms with Gasteiger partial charge in [-0.25, -0.2) is 4.57 Å². The number of hydrogen-bond acceptors (Lipinski definition) is 10. The number of likely N-dealkylation sites (N-methyl/N-ethyl adjacent to an activating group) is 1. The largest absolute Gasteiger partial charge is 0.472 e. The van der Waals surface area contributed by atoms with Gasteiger partial charge in [0.15, 0.2) is 6.23 Å². The number of carbonyl (C=O) groups is 3. The van der Waals surface area contributed by atoms with Gasteiger partial charge in [-0.1, -0.05) is 48.0 Å². The van der Waals surface area contributed by atoms with Gasteiger partial charge in [-0.15, -0.1) is 0 Å². The van der Waals surface area contributed by atoms with Gasteiger partial charge in [-0.05, 0) is 36.5 Å². The van der Waals surface area contributed by atoms with Crippen molar-refractivity contribution >= 4 is 26.0 Å². The van der Waals surface area contributed by atoms with Gasteiger partial charge < -0.3 is 30.1 Å². The van der Waals surface area contributed by atoms with Crippen LogP contribution < -0.4 is 10.6 Å². The Morgan fingerprint density at radius 1 is 1.14 bits per heavy atom. The first-order valence-corrected chi connectivity index (χ1v) is 15.8. The van der Waals surface area contributed by atoms with E-state index in [2.05, 4.69) is 39.9 Å². The maximum atomic E-state index is 12.8. The first-order chi connectivity index (χ1) is 19.4. The standard InChI is InChI=1S/C28H54N3O10P/c1-9-22(39-8)25(26(36)31(7)15-13-23(34)30-20-33)41-42(37,38)40-18-21(17-32)12-10-11-14-29-24(35)16-28(5,6)19-27(2,3)4/h13,15,20-22,25-26,32,36H,9-12,14,16-19H2,1-8H3,(H,29,35)(H,37,38)(H,30,33,34)/b15-13-. The van der Waals surface area contributed by atoms with Crippen molar-refractivity contribution in [3.63, 3.8) is 0 Å². The SMILES string of the molecule is CCC(OC)C(OP(=O)(O)OCC(CO)CCCCNC(=O)CC(C)(C)CC(C)(C)C)C(O)N(C)/C=C\C(=O)NC=O. The number of ether oxygens (including phenoxy) is 1. The van der Waals surface area contributed by atoms with E-state index >= 15 is 0 Å². The van der Waals surface area contributed by atoms with E-state index in [1.165, 1.54) is 20.4 Å². The van der Waals surface area contributed by atoms with Gasteiger partial charge >= 0.3 is 7.82 Å². The van der Waals surface area contributed by atoms with Crippen molar-refractivity contribution in [2.45, 2.75) is 98.5 Å². The molecule has 0 saturated heterocycles. The molecule has 42 heavy (non-hydrogen) atoms. The molecule has 3 amide bonds. The molecule has 5 N–H and O–H groups in total. The Kier molecular flexibility index (Phi) is 18.6. The van der Waals surface area contributed by atoms with Gasteiger partial charge in [0.1, 0.15) is 6.10 Å². The summed E-state index contributed by atoms with van der Waals surface area (Å²) in [4.78, 5) is 45.8. The number of aliphatic hydroxyl groups excluding tert-OH is 2. The fourth-order valence-electron chi connectivity index (χ4n) is 4.85. The quantitative estimate of drug-likeness (QED) is 0.0393. The van der Waals surface area contributed by atoms with E-state index in [-0.39, 0.29) is 36.4 Å². The number of carbonyl (C=O) groups excluding carboxylic acids is 3. The fraction of sp³-hybridized carbons (Fsp3) is 0.821. The van der Waals surface area contributed by atoms with Crippen molar-refractivity contribution in [1.29, 1.82) is 0 Å². The van der Waals surface area contributed by atoms with E-state index in [9.17, 15) is 34.1 Å². The van der Waals surface area contributed by atoms with Crippen LogP contribution in [0.4, 0.5) is 0 Å². The number of hydrogen-bond donors (Lipinski definition) is 5. The molecule has 0 aliphatic heterocycles. The molecule has 246 valence electrons. The lowest BCUT2D eigenvalue weighted by Crippen LogP contribution is -2.47. The predicted molar refractivity (Wildman–Crippen MR) is 159 cm³/mol. The summed E-state index contributed by atoms with van der Waals surface area (Å²) in [6.45, 7) is 12.3. The first kappa shape index (κ1) is 40.1. The third-order valence-electron chi connectivity index (χ3n) is 6.44. The number of nitrogens with one attached hydrogen (secondary N) is 2. The number of phosphoric ester groups is 1. The number of amides is 3. The highest BCUT2D eigenvalue weighted by atomic mass is 31.2. The topological polar surface area (TPSA) is 184 Å². The molecule has 13 nitrogen and oxygen atoms in total. The van der Waals surface area contributed by atoms with E-state index in [0.29, 0.717) is 38.6 Å². The summed E-state index contributed by atoms with van der Waals surface area (Å²) in [6.07, 6.45) is 2.13. The minimum Gasteiger partial charge on any atom is -0.396 e. The number of aliphatic hydroxyl groups is 2. The van der Waals surface area contributed by atoms with Gasteiger partial charge in [0.25, 0.3) is 5.91 Å². The molecule has 0 aromatic rings. The van der Waals surface area contributed by atoms with E-state index in [0.717, 1.165) is 17.4 Å². The van der Waals surface area contributed by atoms with Gasteiger partial charge in [-0.3, -0.25) is 28.7 Å². The van der Waals surface area contributed by atoms with Crippen LogP contribution in [0.25, 0.3) is 0 Å². The Balaban J connectivity index is 4.91. The fourth-order valence-corrected chi connectivity index (χ4v) is 5.86. The van der Waals surface area contributed by atoms with Crippen LogP contribution in [0.5, 0.6) is 0 Å². The Morgan fingerprint density at radius 2 is 1.79 bits per heavy atom. The zero-order valence-electron chi connectivity index (χ0n) is 26.5. The van der Waals surface area contributed by atoms with Crippen LogP contribution in [-0.2, 0) is 32.7 Å². The van der Waals surface area contributed by atoms with E-state index in [1.54, 1.807) is 6.92 Å². The second-order valence-corrected chi connectivity index (χ2v) is 13.9. The molecular formula is C28H54N3O10P. The molecule has 0 rings (SSSR count). The first-order valence-electron chi connectivity index (χ1n) is 14.3. The average Bonchev–Trinajstić information content (AvgIpc) is 2.86. The molecule has 0 heterocycles. The normalized spacial score (nSPS) is 16.7. The number of unbranched alkanes of at least 4 members (excludes halogenated alkanes) is 1. The van der Waals surface area contributed by atoms with Crippen LogP contribution in [-0.4, -0.2) is 90.6 Å². The summed E-state index contributed by atoms with van der Waals surface area (Å²) >= 11 is 0. The number of methoxy groups -OCH3 is 1. The number of phosphoric acid groups is 1. The highest BCUT2D eigenvalue weighted by molar-refractivity contribution is 7.47. The Bertz CT molecular complexity index is 890. The van der Waals surface area contributed by atoms with Gasteiger partial charge in [0.05, 0.1) is 12.7 Å². The van der Waals surface area contributed by atoms with Gasteiger partial charge in [0, 0.05) is 51.9 Å². The van der Waals surface area contributed by atoms with Crippen molar-refractivity contribution in [3.05, 3.63) is 12.3 Å². The molecule has 5 atom stereocenters. The average molecular weight is 624 g/mol. The zero-order chi connectivity index (χ0) is 32.6. The smallest absolute Gasteiger partial charge is 0.396 e. The number of nitrogens with zero attached hydrogens (tertiary/aromatic N) is 1. The lowest BCUT2D eigenvalue weighted by Gasteiger charge is -2.34. The van der Waals surface area contributed by atoms with Crippen molar-refractivity contribution < 1.29 is 47.8 Å². The van der Waals surface area contributed by atoms with E-state index in [4.69, 9.17) is 13.8 Å². The highest BCUT2D eigenvalue weighted by Crippen LogP contribution is 2.46. The summed E-state index contributed by atoms with van der Waals surface area (Å²) in [6, 6.07) is 0. The summed E-state index contributed by atoms with van der Waals surface area (Å²) in [5.74, 6) is -1.19. The molecule has 0 radical (unpaired) electrons. The lowest BCUT2D eigenvalue weighted by molar-refractivity contribution is -0.124. The van der Waals surface area contributed by atoms with Gasteiger partial charge in [-0.2, -0.15) is 0 Å². The highest BCUT2D eigenvalue weighted by Gasteiger charge is 2.38. The minimum atomic E-state index is -4.72. The summed E-state index contributed by atoms with van der Waals surface area (Å²) in [7, 11) is -1.97. The van der Waals surface area contributed by atoms with Crippen LogP contribution in [0, 0.1) is 16.7 Å². The third kappa shape index (κ3) is 17.9. The molecule has 14 heteroatoms. The number of imide groups is 1. The van der Waals surface area contributed by atoms with Crippen molar-refractivity contribution in [2.75, 3.05) is 33.9 Å². The second-order valence-electron chi connectivity index (χ2n) is 12.5. The van der Waals surface area contributed by atoms with E-state index < -0.39 is 38.1 Å². The molecule has 0 fully saturated rings. The molecular weight excluding hydrogens is 569 g/mol. The van der Waals surface area contributed by atoms with Crippen molar-refractivity contribution in [1.82, 2.24) is 15.5 Å². The molecule has 0 aliphatic rings. The molecule has 0 saturated carbocycles. The Hall–Kier alpha value is -1.86. The number of rotatable bonds is 22. The molecule has 0 bridgehead atoms.